The van der Waals surface area contributed by atoms with Gasteiger partial charge in [0.2, 0.25) is 0 Å². The maximum atomic E-state index is 12.3. The van der Waals surface area contributed by atoms with E-state index >= 15 is 0 Å². The molecule has 26 heavy (non-hydrogen) atoms. The van der Waals surface area contributed by atoms with Crippen LogP contribution in [0.1, 0.15) is 26.3 Å². The summed E-state index contributed by atoms with van der Waals surface area (Å²) in [5.74, 6) is 0.147. The fourth-order valence-corrected chi connectivity index (χ4v) is 2.31. The van der Waals surface area contributed by atoms with Gasteiger partial charge in [-0.1, -0.05) is 12.6 Å². The molecule has 0 aliphatic heterocycles. The van der Waals surface area contributed by atoms with Crippen molar-refractivity contribution in [1.82, 2.24) is 10.2 Å². The maximum absolute atomic E-state index is 12.3. The molecule has 2 amide bonds. The van der Waals surface area contributed by atoms with Crippen molar-refractivity contribution in [2.45, 2.75) is 32.7 Å². The van der Waals surface area contributed by atoms with Crippen LogP contribution in [0.15, 0.2) is 30.5 Å². The third-order valence-electron chi connectivity index (χ3n) is 3.58. The molecule has 0 fully saturated rings. The van der Waals surface area contributed by atoms with Crippen LogP contribution in [0, 0.1) is 0 Å². The quantitative estimate of drug-likeness (QED) is 0.683. The second-order valence-corrected chi connectivity index (χ2v) is 6.79. The van der Waals surface area contributed by atoms with Gasteiger partial charge in [0, 0.05) is 12.1 Å². The molecule has 0 bridgehead atoms. The van der Waals surface area contributed by atoms with E-state index in [-0.39, 0.29) is 12.2 Å². The summed E-state index contributed by atoms with van der Waals surface area (Å²) in [6.07, 6.45) is 0.452. The molecule has 144 valence electrons. The van der Waals surface area contributed by atoms with Crippen LogP contribution in [0.5, 0.6) is 11.5 Å². The molecule has 0 saturated carbocycles. The summed E-state index contributed by atoms with van der Waals surface area (Å²) >= 11 is 0. The predicted octanol–water partition coefficient (Wildman–Crippen LogP) is 1.50. The van der Waals surface area contributed by atoms with Crippen molar-refractivity contribution in [2.75, 3.05) is 27.4 Å². The Morgan fingerprint density at radius 2 is 1.81 bits per heavy atom. The van der Waals surface area contributed by atoms with Gasteiger partial charge in [-0.3, -0.25) is 9.59 Å². The first kappa shape index (κ1) is 21.5. The summed E-state index contributed by atoms with van der Waals surface area (Å²) in [6, 6.07) is 5.42. The molecule has 7 nitrogen and oxygen atoms in total. The predicted molar refractivity (Wildman–Crippen MR) is 99.1 cm³/mol. The topological polar surface area (TPSA) is 88.1 Å². The van der Waals surface area contributed by atoms with Crippen molar-refractivity contribution >= 4 is 11.8 Å². The second-order valence-electron chi connectivity index (χ2n) is 6.79. The Kier molecular flexibility index (Phi) is 7.64. The van der Waals surface area contributed by atoms with E-state index in [1.807, 2.05) is 26.8 Å². The first-order valence-corrected chi connectivity index (χ1v) is 8.26. The number of hydrogen-bond donors (Lipinski definition) is 2. The Balaban J connectivity index is 2.91. The lowest BCUT2D eigenvalue weighted by Gasteiger charge is -2.27. The smallest absolute Gasteiger partial charge is 0.267 e. The lowest BCUT2D eigenvalue weighted by molar-refractivity contribution is -0.135. The number of nitrogens with one attached hydrogen (secondary N) is 1. The molecule has 0 atom stereocenters. The van der Waals surface area contributed by atoms with Crippen LogP contribution < -0.4 is 14.8 Å². The number of benzene rings is 1. The van der Waals surface area contributed by atoms with E-state index in [2.05, 4.69) is 11.9 Å². The van der Waals surface area contributed by atoms with Crippen molar-refractivity contribution in [1.29, 1.82) is 0 Å². The lowest BCUT2D eigenvalue weighted by atomic mass is 10.1. The highest BCUT2D eigenvalue weighted by Crippen LogP contribution is 2.27. The van der Waals surface area contributed by atoms with E-state index in [0.717, 1.165) is 5.56 Å². The first-order chi connectivity index (χ1) is 12.1. The largest absolute Gasteiger partial charge is 0.493 e. The molecule has 0 unspecified atom stereocenters. The number of methoxy groups -OCH3 is 2. The lowest BCUT2D eigenvalue weighted by Crippen LogP contribution is -2.46. The van der Waals surface area contributed by atoms with Gasteiger partial charge in [-0.25, -0.2) is 0 Å². The van der Waals surface area contributed by atoms with Gasteiger partial charge >= 0.3 is 0 Å². The Bertz CT molecular complexity index is 664. The van der Waals surface area contributed by atoms with E-state index < -0.39 is 24.0 Å². The number of aliphatic hydroxyl groups is 1. The van der Waals surface area contributed by atoms with Crippen molar-refractivity contribution < 1.29 is 24.2 Å². The number of hydrogen-bond acceptors (Lipinski definition) is 5. The third kappa shape index (κ3) is 6.07. The minimum absolute atomic E-state index is 0.000508. The van der Waals surface area contributed by atoms with Crippen LogP contribution in [0.3, 0.4) is 0 Å². The number of nitrogens with zero attached hydrogens (tertiary/aromatic N) is 1. The van der Waals surface area contributed by atoms with Crippen LogP contribution in [-0.2, 0) is 16.0 Å². The van der Waals surface area contributed by atoms with E-state index in [1.54, 1.807) is 26.4 Å². The number of rotatable bonds is 8. The van der Waals surface area contributed by atoms with Crippen molar-refractivity contribution in [2.24, 2.45) is 0 Å². The van der Waals surface area contributed by atoms with Gasteiger partial charge in [0.25, 0.3) is 11.8 Å². The third-order valence-corrected chi connectivity index (χ3v) is 3.58. The number of aliphatic hydroxyl groups excluding tert-OH is 1. The van der Waals surface area contributed by atoms with Crippen LogP contribution in [0.2, 0.25) is 0 Å². The fraction of sp³-hybridized carbons (Fsp3) is 0.474. The molecule has 1 rings (SSSR count). The standard InChI is InChI=1S/C19H28N2O5/c1-13(18(24)20-19(2,3)4)21(17(23)12-22)10-9-14-7-8-15(25-5)16(11-14)26-6/h7-8,11,22H,1,9-10,12H2,2-6H3,(H,20,24). The van der Waals surface area contributed by atoms with E-state index in [1.165, 1.54) is 4.90 Å². The summed E-state index contributed by atoms with van der Waals surface area (Å²) in [4.78, 5) is 25.5. The molecule has 0 aromatic heterocycles. The van der Waals surface area contributed by atoms with Crippen LogP contribution >= 0.6 is 0 Å². The summed E-state index contributed by atoms with van der Waals surface area (Å²) < 4.78 is 10.5. The van der Waals surface area contributed by atoms with Gasteiger partial charge in [0.1, 0.15) is 12.3 Å². The molecule has 0 heterocycles. The first-order valence-electron chi connectivity index (χ1n) is 8.26. The van der Waals surface area contributed by atoms with Gasteiger partial charge in [0.15, 0.2) is 11.5 Å². The average molecular weight is 364 g/mol. The SMILES string of the molecule is C=C(C(=O)NC(C)(C)C)N(CCc1ccc(OC)c(OC)c1)C(=O)CO. The molecule has 1 aromatic rings. The summed E-state index contributed by atoms with van der Waals surface area (Å²) in [5.41, 5.74) is 0.430. The number of amides is 2. The molecular formula is C19H28N2O5. The molecule has 0 aliphatic carbocycles. The molecule has 7 heteroatoms. The highest BCUT2D eigenvalue weighted by atomic mass is 16.5. The molecule has 0 spiro atoms. The second kappa shape index (κ2) is 9.24. The monoisotopic (exact) mass is 364 g/mol. The summed E-state index contributed by atoms with van der Waals surface area (Å²) in [6.45, 7) is 8.72. The minimum atomic E-state index is -0.701. The maximum Gasteiger partial charge on any atom is 0.267 e. The Morgan fingerprint density at radius 3 is 2.31 bits per heavy atom. The molecule has 1 aromatic carbocycles. The normalized spacial score (nSPS) is 10.8. The summed E-state index contributed by atoms with van der Waals surface area (Å²) in [5, 5.41) is 12.0. The van der Waals surface area contributed by atoms with Gasteiger partial charge in [0.05, 0.1) is 14.2 Å². The van der Waals surface area contributed by atoms with Crippen LogP contribution in [-0.4, -0.2) is 54.7 Å². The van der Waals surface area contributed by atoms with Crippen LogP contribution in [0.4, 0.5) is 0 Å². The van der Waals surface area contributed by atoms with Gasteiger partial charge in [-0.15, -0.1) is 0 Å². The average Bonchev–Trinajstić information content (AvgIpc) is 2.59. The zero-order chi connectivity index (χ0) is 19.9. The van der Waals surface area contributed by atoms with Gasteiger partial charge in [-0.2, -0.15) is 0 Å². The molecule has 2 N–H and O–H groups in total. The van der Waals surface area contributed by atoms with Gasteiger partial charge in [-0.05, 0) is 44.9 Å². The zero-order valence-corrected chi connectivity index (χ0v) is 16.1. The van der Waals surface area contributed by atoms with Crippen LogP contribution in [0.25, 0.3) is 0 Å². The highest BCUT2D eigenvalue weighted by molar-refractivity contribution is 5.97. The Labute approximate surface area is 154 Å². The van der Waals surface area contributed by atoms with Crippen molar-refractivity contribution in [3.05, 3.63) is 36.0 Å². The molecular weight excluding hydrogens is 336 g/mol. The van der Waals surface area contributed by atoms with E-state index in [4.69, 9.17) is 9.47 Å². The Morgan fingerprint density at radius 1 is 1.19 bits per heavy atom. The molecule has 0 saturated heterocycles. The number of ether oxygens (including phenoxy) is 2. The fourth-order valence-electron chi connectivity index (χ4n) is 2.31. The molecule has 0 aliphatic rings. The van der Waals surface area contributed by atoms with Gasteiger partial charge < -0.3 is 24.8 Å². The number of carbonyl (C=O) groups excluding carboxylic acids is 2. The highest BCUT2D eigenvalue weighted by Gasteiger charge is 2.24. The summed E-state index contributed by atoms with van der Waals surface area (Å²) in [7, 11) is 3.10. The van der Waals surface area contributed by atoms with Crippen molar-refractivity contribution in [3.63, 3.8) is 0 Å². The van der Waals surface area contributed by atoms with Crippen molar-refractivity contribution in [3.8, 4) is 11.5 Å². The minimum Gasteiger partial charge on any atom is -0.493 e. The Hall–Kier alpha value is -2.54. The zero-order valence-electron chi connectivity index (χ0n) is 16.1. The molecule has 0 radical (unpaired) electrons. The van der Waals surface area contributed by atoms with E-state index in [0.29, 0.717) is 17.9 Å². The van der Waals surface area contributed by atoms with E-state index in [9.17, 15) is 14.7 Å². The number of carbonyl (C=O) groups is 2.